The van der Waals surface area contributed by atoms with Gasteiger partial charge in [0.2, 0.25) is 0 Å². The number of hydrogen-bond acceptors (Lipinski definition) is 5. The monoisotopic (exact) mass is 454 g/mol. The second-order valence-corrected chi connectivity index (χ2v) is 11.7. The van der Waals surface area contributed by atoms with Crippen LogP contribution in [0.1, 0.15) is 16.8 Å². The lowest BCUT2D eigenvalue weighted by molar-refractivity contribution is 0.598. The van der Waals surface area contributed by atoms with E-state index in [1.54, 1.807) is 12.1 Å². The number of aromatic nitrogens is 3. The lowest BCUT2D eigenvalue weighted by Crippen LogP contribution is -2.09. The highest BCUT2D eigenvalue weighted by Crippen LogP contribution is 2.21. The van der Waals surface area contributed by atoms with Gasteiger partial charge in [-0.15, -0.1) is 3.77 Å². The first-order valence-electron chi connectivity index (χ1n) is 9.59. The third kappa shape index (κ3) is 4.83. The largest absolute Gasteiger partial charge is 0.328 e. The van der Waals surface area contributed by atoms with Gasteiger partial charge in [-0.3, -0.25) is 0 Å². The maximum absolute atomic E-state index is 13.1. The molecule has 0 radical (unpaired) electrons. The maximum atomic E-state index is 13.1. The lowest BCUT2D eigenvalue weighted by Gasteiger charge is -2.08. The van der Waals surface area contributed by atoms with Crippen LogP contribution in [-0.2, 0) is 32.0 Å². The summed E-state index contributed by atoms with van der Waals surface area (Å²) in [5, 5.41) is 0.732. The van der Waals surface area contributed by atoms with Crippen molar-refractivity contribution >= 4 is 30.8 Å². The van der Waals surface area contributed by atoms with Gasteiger partial charge in [-0.2, -0.15) is 8.42 Å². The van der Waals surface area contributed by atoms with Gasteiger partial charge in [-0.05, 0) is 30.7 Å². The zero-order chi connectivity index (χ0) is 22.1. The summed E-state index contributed by atoms with van der Waals surface area (Å²) in [5.41, 5.74) is 3.26. The van der Waals surface area contributed by atoms with Gasteiger partial charge >= 0.3 is 0 Å². The Labute approximate surface area is 182 Å². The van der Waals surface area contributed by atoms with Gasteiger partial charge in [-0.25, -0.2) is 14.2 Å². The topological polar surface area (TPSA) is 94.3 Å². The van der Waals surface area contributed by atoms with Crippen LogP contribution >= 0.6 is 0 Å². The van der Waals surface area contributed by atoms with E-state index in [4.69, 9.17) is 0 Å². The molecule has 0 aliphatic heterocycles. The summed E-state index contributed by atoms with van der Waals surface area (Å²) < 4.78 is 44.1. The number of benzene rings is 2. The van der Waals surface area contributed by atoms with Crippen molar-refractivity contribution in [2.75, 3.05) is 6.26 Å². The Morgan fingerprint density at radius 2 is 1.65 bits per heavy atom. The number of hydrogen-bond donors (Lipinski definition) is 0. The summed E-state index contributed by atoms with van der Waals surface area (Å²) in [6, 6.07) is 18.1. The number of sulfonamides is 1. The van der Waals surface area contributed by atoms with Crippen LogP contribution in [0.5, 0.6) is 0 Å². The zero-order valence-electron chi connectivity index (χ0n) is 17.2. The maximum Gasteiger partial charge on any atom is 0.290 e. The standard InChI is InChI=1S/C22H22N4O3S2/c1-17-8-10-19(11-9-17)31(28,29)25-30(2,27)15-21-20-12-13-26(22(20)24-16-23-21)14-18-6-4-3-5-7-18/h3-13,16H,14-15H2,1-2H3. The Morgan fingerprint density at radius 1 is 0.935 bits per heavy atom. The third-order valence-corrected chi connectivity index (χ3v) is 8.54. The molecule has 2 aromatic heterocycles. The van der Waals surface area contributed by atoms with Gasteiger partial charge < -0.3 is 4.57 Å². The van der Waals surface area contributed by atoms with Crippen LogP contribution in [0.15, 0.2) is 81.9 Å². The van der Waals surface area contributed by atoms with Crippen molar-refractivity contribution in [2.45, 2.75) is 24.1 Å². The van der Waals surface area contributed by atoms with Gasteiger partial charge in [-0.1, -0.05) is 48.0 Å². The first kappa shape index (κ1) is 21.2. The molecular formula is C22H22N4O3S2. The van der Waals surface area contributed by atoms with Crippen LogP contribution in [0.4, 0.5) is 0 Å². The fourth-order valence-electron chi connectivity index (χ4n) is 3.32. The van der Waals surface area contributed by atoms with Crippen molar-refractivity contribution in [1.82, 2.24) is 14.5 Å². The average Bonchev–Trinajstić information content (AvgIpc) is 3.12. The molecule has 0 saturated heterocycles. The van der Waals surface area contributed by atoms with Gasteiger partial charge in [0, 0.05) is 24.4 Å². The van der Waals surface area contributed by atoms with Gasteiger partial charge in [0.15, 0.2) is 0 Å². The highest BCUT2D eigenvalue weighted by molar-refractivity contribution is 8.02. The summed E-state index contributed by atoms with van der Waals surface area (Å²) in [7, 11) is -7.15. The number of fused-ring (bicyclic) bond motifs is 1. The molecule has 0 aliphatic carbocycles. The molecule has 0 aliphatic rings. The van der Waals surface area contributed by atoms with Crippen molar-refractivity contribution in [3.63, 3.8) is 0 Å². The molecule has 0 N–H and O–H groups in total. The molecule has 2 heterocycles. The predicted octanol–water partition coefficient (Wildman–Crippen LogP) is 3.77. The van der Waals surface area contributed by atoms with Crippen molar-refractivity contribution < 1.29 is 12.6 Å². The third-order valence-electron chi connectivity index (χ3n) is 4.81. The average molecular weight is 455 g/mol. The first-order valence-corrected chi connectivity index (χ1v) is 13.1. The highest BCUT2D eigenvalue weighted by Gasteiger charge is 2.18. The minimum absolute atomic E-state index is 0.0227. The molecule has 4 aromatic rings. The molecule has 0 bridgehead atoms. The Hall–Kier alpha value is -3.04. The van der Waals surface area contributed by atoms with Crippen molar-refractivity contribution in [3.05, 3.63) is 90.0 Å². The van der Waals surface area contributed by atoms with Gasteiger partial charge in [0.1, 0.15) is 12.0 Å². The summed E-state index contributed by atoms with van der Waals surface area (Å²) in [6.45, 7) is 2.50. The van der Waals surface area contributed by atoms with E-state index in [1.165, 1.54) is 24.7 Å². The van der Waals surface area contributed by atoms with Crippen molar-refractivity contribution in [2.24, 2.45) is 3.77 Å². The highest BCUT2D eigenvalue weighted by atomic mass is 32.3. The summed E-state index contributed by atoms with van der Waals surface area (Å²) >= 11 is 0. The minimum Gasteiger partial charge on any atom is -0.328 e. The van der Waals surface area contributed by atoms with Crippen LogP contribution in [0, 0.1) is 6.92 Å². The smallest absolute Gasteiger partial charge is 0.290 e. The number of rotatable bonds is 6. The Balaban J connectivity index is 1.67. The lowest BCUT2D eigenvalue weighted by atomic mass is 10.2. The van der Waals surface area contributed by atoms with E-state index in [0.717, 1.165) is 16.5 Å². The van der Waals surface area contributed by atoms with Crippen LogP contribution in [0.25, 0.3) is 11.0 Å². The SMILES string of the molecule is Cc1ccc(S(=O)(=O)N=S(C)(=O)Cc2ncnc3c2ccn3Cc2ccccc2)cc1. The second-order valence-electron chi connectivity index (χ2n) is 7.45. The van der Waals surface area contributed by atoms with E-state index in [-0.39, 0.29) is 10.6 Å². The zero-order valence-corrected chi connectivity index (χ0v) is 18.8. The fraction of sp³-hybridized carbons (Fsp3) is 0.182. The van der Waals surface area contributed by atoms with E-state index >= 15 is 0 Å². The summed E-state index contributed by atoms with van der Waals surface area (Å²) in [4.78, 5) is 8.66. The molecule has 9 heteroatoms. The fourth-order valence-corrected chi connectivity index (χ4v) is 6.75. The molecule has 4 rings (SSSR count). The number of aryl methyl sites for hydroxylation is 1. The molecule has 0 saturated carbocycles. The van der Waals surface area contributed by atoms with E-state index in [1.807, 2.05) is 54.1 Å². The quantitative estimate of drug-likeness (QED) is 0.442. The summed E-state index contributed by atoms with van der Waals surface area (Å²) in [5.74, 6) is -0.0908. The van der Waals surface area contributed by atoms with Gasteiger partial charge in [0.25, 0.3) is 10.0 Å². The molecule has 1 unspecified atom stereocenters. The van der Waals surface area contributed by atoms with Crippen LogP contribution in [0.3, 0.4) is 0 Å². The van der Waals surface area contributed by atoms with Crippen LogP contribution in [0.2, 0.25) is 0 Å². The summed E-state index contributed by atoms with van der Waals surface area (Å²) in [6.07, 6.45) is 4.64. The molecule has 0 fully saturated rings. The molecule has 2 aromatic carbocycles. The van der Waals surface area contributed by atoms with E-state index in [0.29, 0.717) is 17.9 Å². The molecule has 0 amide bonds. The van der Waals surface area contributed by atoms with Crippen LogP contribution in [-0.4, -0.2) is 33.4 Å². The molecule has 1 atom stereocenters. The van der Waals surface area contributed by atoms with Gasteiger partial charge in [0.05, 0.1) is 26.1 Å². The normalized spacial score (nSPS) is 13.7. The van der Waals surface area contributed by atoms with Crippen LogP contribution < -0.4 is 0 Å². The minimum atomic E-state index is -4.04. The number of nitrogens with zero attached hydrogens (tertiary/aromatic N) is 4. The predicted molar refractivity (Wildman–Crippen MR) is 122 cm³/mol. The Bertz CT molecular complexity index is 1450. The van der Waals surface area contributed by atoms with E-state index in [2.05, 4.69) is 13.7 Å². The van der Waals surface area contributed by atoms with E-state index in [9.17, 15) is 12.6 Å². The Morgan fingerprint density at radius 3 is 2.35 bits per heavy atom. The molecule has 7 nitrogen and oxygen atoms in total. The molecule has 0 spiro atoms. The molecular weight excluding hydrogens is 432 g/mol. The van der Waals surface area contributed by atoms with Crippen molar-refractivity contribution in [3.8, 4) is 0 Å². The Kier molecular flexibility index (Phi) is 5.63. The van der Waals surface area contributed by atoms with E-state index < -0.39 is 19.8 Å². The molecule has 160 valence electrons. The second kappa shape index (κ2) is 8.24. The van der Waals surface area contributed by atoms with Crippen molar-refractivity contribution in [1.29, 1.82) is 0 Å². The molecule has 31 heavy (non-hydrogen) atoms. The first-order chi connectivity index (χ1) is 14.7.